The average Bonchev–Trinajstić information content (AvgIpc) is 3.43. The van der Waals surface area contributed by atoms with Crippen molar-refractivity contribution in [3.63, 3.8) is 0 Å². The summed E-state index contributed by atoms with van der Waals surface area (Å²) < 4.78 is 7.68. The standard InChI is InChI=1S/C15H15N5OS2/c1-2-9(1)13-17-18-15(20(13)11-3-4-11)23-8-12-16-14(21-19-12)10-5-6-22-7-10/h5-7,9,11H,1-4,8H2. The van der Waals surface area contributed by atoms with Crippen LogP contribution in [-0.4, -0.2) is 24.9 Å². The highest BCUT2D eigenvalue weighted by atomic mass is 32.2. The van der Waals surface area contributed by atoms with Crippen LogP contribution in [0.25, 0.3) is 11.5 Å². The van der Waals surface area contributed by atoms with Gasteiger partial charge in [-0.15, -0.1) is 10.2 Å². The number of hydrogen-bond donors (Lipinski definition) is 0. The first-order valence-electron chi connectivity index (χ1n) is 7.81. The van der Waals surface area contributed by atoms with E-state index in [4.69, 9.17) is 4.52 Å². The smallest absolute Gasteiger partial charge is 0.258 e. The first-order valence-corrected chi connectivity index (χ1v) is 9.74. The molecule has 2 aliphatic carbocycles. The monoisotopic (exact) mass is 345 g/mol. The summed E-state index contributed by atoms with van der Waals surface area (Å²) in [6.45, 7) is 0. The molecule has 0 atom stereocenters. The van der Waals surface area contributed by atoms with E-state index < -0.39 is 0 Å². The summed E-state index contributed by atoms with van der Waals surface area (Å²) in [5.74, 6) is 3.76. The van der Waals surface area contributed by atoms with Crippen molar-refractivity contribution in [1.82, 2.24) is 24.9 Å². The summed E-state index contributed by atoms with van der Waals surface area (Å²) in [7, 11) is 0. The van der Waals surface area contributed by atoms with Crippen molar-refractivity contribution >= 4 is 23.1 Å². The molecule has 0 bridgehead atoms. The quantitative estimate of drug-likeness (QED) is 0.631. The number of hydrogen-bond acceptors (Lipinski definition) is 7. The lowest BCUT2D eigenvalue weighted by atomic mass is 10.3. The van der Waals surface area contributed by atoms with Gasteiger partial charge in [-0.3, -0.25) is 0 Å². The Labute approximate surface area is 141 Å². The van der Waals surface area contributed by atoms with Crippen molar-refractivity contribution in [3.05, 3.63) is 28.5 Å². The number of thioether (sulfide) groups is 1. The average molecular weight is 345 g/mol. The Hall–Kier alpha value is -1.67. The maximum Gasteiger partial charge on any atom is 0.258 e. The molecule has 2 fully saturated rings. The van der Waals surface area contributed by atoms with Gasteiger partial charge in [0.05, 0.1) is 11.3 Å². The molecular weight excluding hydrogens is 330 g/mol. The number of aromatic nitrogens is 5. The predicted octanol–water partition coefficient (Wildman–Crippen LogP) is 3.89. The van der Waals surface area contributed by atoms with Crippen LogP contribution in [0.1, 0.15) is 49.3 Å². The zero-order chi connectivity index (χ0) is 15.2. The van der Waals surface area contributed by atoms with Gasteiger partial charge in [0.2, 0.25) is 0 Å². The fraction of sp³-hybridized carbons (Fsp3) is 0.467. The first kappa shape index (κ1) is 13.7. The minimum Gasteiger partial charge on any atom is -0.334 e. The summed E-state index contributed by atoms with van der Waals surface area (Å²) in [6.07, 6.45) is 5.00. The van der Waals surface area contributed by atoms with E-state index in [0.29, 0.717) is 29.4 Å². The molecule has 0 aromatic carbocycles. The Bertz CT molecular complexity index is 817. The molecule has 0 spiro atoms. The lowest BCUT2D eigenvalue weighted by Gasteiger charge is -2.06. The second-order valence-corrected chi connectivity index (χ2v) is 7.76. The van der Waals surface area contributed by atoms with Crippen molar-refractivity contribution in [2.75, 3.05) is 0 Å². The van der Waals surface area contributed by atoms with E-state index in [1.165, 1.54) is 31.5 Å². The Morgan fingerprint density at radius 3 is 2.91 bits per heavy atom. The second-order valence-electron chi connectivity index (χ2n) is 6.03. The highest BCUT2D eigenvalue weighted by Gasteiger charge is 2.36. The van der Waals surface area contributed by atoms with Crippen molar-refractivity contribution < 1.29 is 4.52 Å². The first-order chi connectivity index (χ1) is 11.4. The van der Waals surface area contributed by atoms with Gasteiger partial charge in [0, 0.05) is 17.3 Å². The van der Waals surface area contributed by atoms with Crippen LogP contribution < -0.4 is 0 Å². The molecule has 3 heterocycles. The van der Waals surface area contributed by atoms with Crippen LogP contribution in [-0.2, 0) is 5.75 Å². The molecule has 3 aromatic rings. The summed E-state index contributed by atoms with van der Waals surface area (Å²) in [5.41, 5.74) is 0.982. The third-order valence-corrected chi connectivity index (χ3v) is 5.73. The van der Waals surface area contributed by atoms with Gasteiger partial charge in [0.1, 0.15) is 5.82 Å². The molecule has 0 N–H and O–H groups in total. The van der Waals surface area contributed by atoms with E-state index in [1.807, 2.05) is 16.8 Å². The van der Waals surface area contributed by atoms with Gasteiger partial charge in [0.15, 0.2) is 11.0 Å². The minimum atomic E-state index is 0.587. The van der Waals surface area contributed by atoms with Crippen LogP contribution in [0.15, 0.2) is 26.5 Å². The Morgan fingerprint density at radius 2 is 2.17 bits per heavy atom. The number of nitrogens with zero attached hydrogens (tertiary/aromatic N) is 5. The molecule has 0 unspecified atom stereocenters. The predicted molar refractivity (Wildman–Crippen MR) is 87.4 cm³/mol. The summed E-state index contributed by atoms with van der Waals surface area (Å²) in [5, 5.41) is 17.9. The fourth-order valence-electron chi connectivity index (χ4n) is 2.63. The van der Waals surface area contributed by atoms with E-state index in [0.717, 1.165) is 10.7 Å². The maximum atomic E-state index is 5.33. The topological polar surface area (TPSA) is 69.6 Å². The van der Waals surface area contributed by atoms with Gasteiger partial charge < -0.3 is 9.09 Å². The van der Waals surface area contributed by atoms with Crippen LogP contribution in [0.4, 0.5) is 0 Å². The third-order valence-electron chi connectivity index (χ3n) is 4.11. The Balaban J connectivity index is 1.33. The van der Waals surface area contributed by atoms with Gasteiger partial charge >= 0.3 is 0 Å². The van der Waals surface area contributed by atoms with Crippen LogP contribution in [0, 0.1) is 0 Å². The highest BCUT2D eigenvalue weighted by molar-refractivity contribution is 7.98. The summed E-state index contributed by atoms with van der Waals surface area (Å²) in [4.78, 5) is 4.46. The third kappa shape index (κ3) is 2.70. The van der Waals surface area contributed by atoms with E-state index in [9.17, 15) is 0 Å². The Morgan fingerprint density at radius 1 is 1.26 bits per heavy atom. The van der Waals surface area contributed by atoms with Crippen molar-refractivity contribution in [1.29, 1.82) is 0 Å². The zero-order valence-corrected chi connectivity index (χ0v) is 14.0. The molecule has 5 rings (SSSR count). The molecule has 6 nitrogen and oxygen atoms in total. The van der Waals surface area contributed by atoms with Crippen LogP contribution in [0.2, 0.25) is 0 Å². The molecule has 0 saturated heterocycles. The van der Waals surface area contributed by atoms with Gasteiger partial charge in [-0.05, 0) is 37.1 Å². The van der Waals surface area contributed by atoms with Crippen molar-refractivity contribution in [2.45, 2.75) is 48.6 Å². The van der Waals surface area contributed by atoms with Gasteiger partial charge in [-0.1, -0.05) is 16.9 Å². The lowest BCUT2D eigenvalue weighted by molar-refractivity contribution is 0.425. The molecule has 2 aliphatic rings. The van der Waals surface area contributed by atoms with Gasteiger partial charge in [0.25, 0.3) is 5.89 Å². The largest absolute Gasteiger partial charge is 0.334 e. The molecular formula is C15H15N5OS2. The van der Waals surface area contributed by atoms with Gasteiger partial charge in [-0.2, -0.15) is 16.3 Å². The van der Waals surface area contributed by atoms with E-state index in [1.54, 1.807) is 23.1 Å². The van der Waals surface area contributed by atoms with E-state index >= 15 is 0 Å². The lowest BCUT2D eigenvalue weighted by Crippen LogP contribution is -2.02. The maximum absolute atomic E-state index is 5.33. The molecule has 0 aliphatic heterocycles. The van der Waals surface area contributed by atoms with Crippen LogP contribution >= 0.6 is 23.1 Å². The SMILES string of the molecule is c1cc(-c2nc(CSc3nnc(C4CC4)n3C3CC3)no2)cs1. The van der Waals surface area contributed by atoms with E-state index in [-0.39, 0.29) is 0 Å². The van der Waals surface area contributed by atoms with Crippen LogP contribution in [0.5, 0.6) is 0 Å². The van der Waals surface area contributed by atoms with E-state index in [2.05, 4.69) is 24.9 Å². The number of thiophene rings is 1. The summed E-state index contributed by atoms with van der Waals surface area (Å²) in [6, 6.07) is 2.59. The molecule has 23 heavy (non-hydrogen) atoms. The minimum absolute atomic E-state index is 0.587. The zero-order valence-electron chi connectivity index (χ0n) is 12.4. The Kier molecular flexibility index (Phi) is 3.26. The van der Waals surface area contributed by atoms with Crippen LogP contribution in [0.3, 0.4) is 0 Å². The molecule has 0 radical (unpaired) electrons. The fourth-order valence-corrected chi connectivity index (χ4v) is 4.11. The molecule has 2 saturated carbocycles. The molecule has 3 aromatic heterocycles. The normalized spacial score (nSPS) is 17.7. The van der Waals surface area contributed by atoms with Gasteiger partial charge in [-0.25, -0.2) is 0 Å². The molecule has 8 heteroatoms. The van der Waals surface area contributed by atoms with Crippen molar-refractivity contribution in [2.24, 2.45) is 0 Å². The van der Waals surface area contributed by atoms with Crippen molar-refractivity contribution in [3.8, 4) is 11.5 Å². The molecule has 118 valence electrons. The molecule has 0 amide bonds. The second kappa shape index (κ2) is 5.45. The summed E-state index contributed by atoms with van der Waals surface area (Å²) >= 11 is 3.27. The number of rotatable bonds is 6. The highest BCUT2D eigenvalue weighted by Crippen LogP contribution is 2.46.